The fraction of sp³-hybridized carbons (Fsp3) is 0.458. The highest BCUT2D eigenvalue weighted by molar-refractivity contribution is 5.99. The lowest BCUT2D eigenvalue weighted by Crippen LogP contribution is -2.45. The smallest absolute Gasteiger partial charge is 0.275 e. The molecule has 3 amide bonds. The Morgan fingerprint density at radius 3 is 2.74 bits per heavy atom. The lowest BCUT2D eigenvalue weighted by molar-refractivity contribution is -0.136. The summed E-state index contributed by atoms with van der Waals surface area (Å²) in [5.74, 6) is -0.984. The number of benzene rings is 1. The molecule has 0 saturated carbocycles. The van der Waals surface area contributed by atoms with Crippen molar-refractivity contribution < 1.29 is 23.9 Å². The zero-order valence-electron chi connectivity index (χ0n) is 21.0. The normalized spacial score (nSPS) is 15.4. The molecular weight excluding hydrogens is 496 g/mol. The number of carbonyl (C=O) groups is 3. The number of hydrogen-bond donors (Lipinski definition) is 3. The van der Waals surface area contributed by atoms with Crippen LogP contribution in [0, 0.1) is 0 Å². The van der Waals surface area contributed by atoms with Gasteiger partial charge in [0, 0.05) is 31.0 Å². The number of hydrogen-bond acceptors (Lipinski definition) is 10. The van der Waals surface area contributed by atoms with Crippen LogP contribution in [0.5, 0.6) is 0 Å². The largest absolute Gasteiger partial charge is 0.382 e. The maximum Gasteiger partial charge on any atom is 0.275 e. The first kappa shape index (κ1) is 26.9. The molecule has 1 aliphatic heterocycles. The topological polar surface area (TPSA) is 171 Å². The van der Waals surface area contributed by atoms with Crippen molar-refractivity contribution >= 4 is 34.2 Å². The summed E-state index contributed by atoms with van der Waals surface area (Å²) in [7, 11) is 0. The molecule has 3 N–H and O–H groups in total. The molecule has 1 aromatic carbocycles. The Bertz CT molecular complexity index is 1350. The average molecular weight is 527 g/mol. The van der Waals surface area contributed by atoms with E-state index in [1.807, 2.05) is 6.07 Å². The second-order valence-corrected chi connectivity index (χ2v) is 8.66. The molecule has 14 nitrogen and oxygen atoms in total. The summed E-state index contributed by atoms with van der Waals surface area (Å²) in [5, 5.41) is 21.4. The molecule has 0 radical (unpaired) electrons. The quantitative estimate of drug-likeness (QED) is 0.199. The van der Waals surface area contributed by atoms with Gasteiger partial charge in [-0.1, -0.05) is 11.3 Å². The van der Waals surface area contributed by atoms with Gasteiger partial charge in [0.1, 0.15) is 11.7 Å². The molecule has 3 heterocycles. The number of aromatic nitrogens is 5. The molecule has 1 fully saturated rings. The first-order valence-corrected chi connectivity index (χ1v) is 12.3. The van der Waals surface area contributed by atoms with Crippen LogP contribution in [0.2, 0.25) is 0 Å². The van der Waals surface area contributed by atoms with Gasteiger partial charge in [0.15, 0.2) is 0 Å². The standard InChI is InChI=1S/C24H30N8O6/c1-16(33)26-13-17-15-31(30-29-17)8-10-38-12-11-37-9-7-25-20-4-2-3-18-19(20)14-27-32(24(18)36)21-5-6-22(34)28-23(21)35/h2-4,14-15,21,25H,5-13H2,1H3,(H,26,33)(H,28,34,35). The van der Waals surface area contributed by atoms with Gasteiger partial charge in [0.2, 0.25) is 11.8 Å². The van der Waals surface area contributed by atoms with Crippen molar-refractivity contribution in [3.05, 3.63) is 46.6 Å². The predicted octanol–water partition coefficient (Wildman–Crippen LogP) is -0.253. The van der Waals surface area contributed by atoms with Crippen LogP contribution in [0.25, 0.3) is 10.8 Å². The van der Waals surface area contributed by atoms with Crippen molar-refractivity contribution in [1.82, 2.24) is 35.4 Å². The van der Waals surface area contributed by atoms with Gasteiger partial charge in [0.05, 0.1) is 57.3 Å². The van der Waals surface area contributed by atoms with Crippen molar-refractivity contribution in [1.29, 1.82) is 0 Å². The van der Waals surface area contributed by atoms with Crippen molar-refractivity contribution in [2.75, 3.05) is 38.3 Å². The molecule has 3 aromatic rings. The van der Waals surface area contributed by atoms with E-state index in [9.17, 15) is 19.2 Å². The summed E-state index contributed by atoms with van der Waals surface area (Å²) in [5.41, 5.74) is 1.02. The predicted molar refractivity (Wildman–Crippen MR) is 135 cm³/mol. The fourth-order valence-electron chi connectivity index (χ4n) is 3.96. The maximum atomic E-state index is 13.0. The van der Waals surface area contributed by atoms with Gasteiger partial charge in [-0.05, 0) is 18.6 Å². The van der Waals surface area contributed by atoms with Gasteiger partial charge in [-0.3, -0.25) is 24.5 Å². The first-order valence-electron chi connectivity index (χ1n) is 12.3. The van der Waals surface area contributed by atoms with Gasteiger partial charge >= 0.3 is 0 Å². The number of imide groups is 1. The molecule has 14 heteroatoms. The average Bonchev–Trinajstić information content (AvgIpc) is 3.35. The minimum absolute atomic E-state index is 0.122. The number of anilines is 1. The summed E-state index contributed by atoms with van der Waals surface area (Å²) in [6.07, 6.45) is 3.71. The Kier molecular flexibility index (Phi) is 9.11. The van der Waals surface area contributed by atoms with Crippen molar-refractivity contribution in [2.45, 2.75) is 38.9 Å². The molecule has 1 saturated heterocycles. The Labute approximate surface area is 217 Å². The van der Waals surface area contributed by atoms with E-state index >= 15 is 0 Å². The van der Waals surface area contributed by atoms with E-state index < -0.39 is 11.9 Å². The number of nitrogens with one attached hydrogen (secondary N) is 3. The van der Waals surface area contributed by atoms with Crippen molar-refractivity contribution in [2.24, 2.45) is 0 Å². The van der Waals surface area contributed by atoms with Crippen LogP contribution in [-0.4, -0.2) is 75.5 Å². The summed E-state index contributed by atoms with van der Waals surface area (Å²) < 4.78 is 14.0. The summed E-state index contributed by atoms with van der Waals surface area (Å²) in [6, 6.07) is 4.48. The van der Waals surface area contributed by atoms with Gasteiger partial charge in [0.25, 0.3) is 11.5 Å². The zero-order chi connectivity index (χ0) is 26.9. The second-order valence-electron chi connectivity index (χ2n) is 8.66. The Hall–Kier alpha value is -4.17. The van der Waals surface area contributed by atoms with E-state index in [-0.39, 0.29) is 30.2 Å². The van der Waals surface area contributed by atoms with E-state index in [1.54, 1.807) is 29.2 Å². The van der Waals surface area contributed by atoms with Gasteiger partial charge in [-0.25, -0.2) is 9.36 Å². The fourth-order valence-corrected chi connectivity index (χ4v) is 3.96. The van der Waals surface area contributed by atoms with E-state index in [4.69, 9.17) is 9.47 Å². The first-order chi connectivity index (χ1) is 18.4. The van der Waals surface area contributed by atoms with Crippen LogP contribution in [0.3, 0.4) is 0 Å². The molecule has 0 aliphatic carbocycles. The molecule has 4 rings (SSSR count). The van der Waals surface area contributed by atoms with Gasteiger partial charge < -0.3 is 20.1 Å². The minimum Gasteiger partial charge on any atom is -0.382 e. The third-order valence-corrected chi connectivity index (χ3v) is 5.86. The summed E-state index contributed by atoms with van der Waals surface area (Å²) >= 11 is 0. The SMILES string of the molecule is CC(=O)NCc1cn(CCOCCOCCNc2cccc3c(=O)n(C4CCC(=O)NC4=O)ncc23)nn1. The van der Waals surface area contributed by atoms with Crippen molar-refractivity contribution in [3.63, 3.8) is 0 Å². The molecule has 2 aromatic heterocycles. The number of ether oxygens (including phenoxy) is 2. The van der Waals surface area contributed by atoms with E-state index in [2.05, 4.69) is 31.4 Å². The summed E-state index contributed by atoms with van der Waals surface area (Å²) in [4.78, 5) is 47.5. The van der Waals surface area contributed by atoms with Crippen LogP contribution in [0.15, 0.2) is 35.4 Å². The number of carbonyl (C=O) groups excluding carboxylic acids is 3. The third-order valence-electron chi connectivity index (χ3n) is 5.86. The Morgan fingerprint density at radius 2 is 1.95 bits per heavy atom. The van der Waals surface area contributed by atoms with E-state index in [0.29, 0.717) is 62.5 Å². The monoisotopic (exact) mass is 526 g/mol. The number of piperidine rings is 1. The summed E-state index contributed by atoms with van der Waals surface area (Å²) in [6.45, 7) is 4.54. The lowest BCUT2D eigenvalue weighted by atomic mass is 10.1. The minimum atomic E-state index is -0.805. The number of nitrogens with zero attached hydrogens (tertiary/aromatic N) is 5. The van der Waals surface area contributed by atoms with Crippen molar-refractivity contribution in [3.8, 4) is 0 Å². The van der Waals surface area contributed by atoms with E-state index in [1.165, 1.54) is 6.92 Å². The Morgan fingerprint density at radius 1 is 1.13 bits per heavy atom. The highest BCUT2D eigenvalue weighted by atomic mass is 16.5. The number of rotatable bonds is 13. The van der Waals surface area contributed by atoms with E-state index in [0.717, 1.165) is 10.4 Å². The molecule has 0 bridgehead atoms. The molecule has 1 atom stereocenters. The molecule has 0 spiro atoms. The highest BCUT2D eigenvalue weighted by Crippen LogP contribution is 2.22. The highest BCUT2D eigenvalue weighted by Gasteiger charge is 2.30. The van der Waals surface area contributed by atoms with Gasteiger partial charge in [-0.2, -0.15) is 5.10 Å². The Balaban J connectivity index is 1.17. The van der Waals surface area contributed by atoms with Crippen LogP contribution in [0.4, 0.5) is 5.69 Å². The molecular formula is C24H30N8O6. The lowest BCUT2D eigenvalue weighted by Gasteiger charge is -2.22. The second kappa shape index (κ2) is 12.9. The third kappa shape index (κ3) is 6.98. The van der Waals surface area contributed by atoms with Crippen LogP contribution in [0.1, 0.15) is 31.5 Å². The molecule has 202 valence electrons. The zero-order valence-corrected chi connectivity index (χ0v) is 21.0. The molecule has 38 heavy (non-hydrogen) atoms. The molecule has 1 aliphatic rings. The van der Waals surface area contributed by atoms with Crippen LogP contribution >= 0.6 is 0 Å². The van der Waals surface area contributed by atoms with Crippen LogP contribution < -0.4 is 21.5 Å². The maximum absolute atomic E-state index is 13.0. The van der Waals surface area contributed by atoms with Gasteiger partial charge in [-0.15, -0.1) is 5.10 Å². The van der Waals surface area contributed by atoms with Crippen LogP contribution in [-0.2, 0) is 36.9 Å². The number of fused-ring (bicyclic) bond motifs is 1. The molecule has 1 unspecified atom stereocenters. The number of amides is 3.